The number of rotatable bonds is 9. The molecule has 0 radical (unpaired) electrons. The summed E-state index contributed by atoms with van der Waals surface area (Å²) in [6, 6.07) is 17.5. The minimum Gasteiger partial charge on any atom is -0.491 e. The fraction of sp³-hybridized carbons (Fsp3) is 0.478. The minimum absolute atomic E-state index is 0.219. The summed E-state index contributed by atoms with van der Waals surface area (Å²) in [6.07, 6.45) is 1.38. The van der Waals surface area contributed by atoms with Crippen molar-refractivity contribution < 1.29 is 4.74 Å². The summed E-state index contributed by atoms with van der Waals surface area (Å²) in [5, 5.41) is 3.57. The van der Waals surface area contributed by atoms with Gasteiger partial charge in [-0.05, 0) is 60.9 Å². The Morgan fingerprint density at radius 1 is 0.800 bits per heavy atom. The zero-order valence-corrected chi connectivity index (χ0v) is 16.4. The van der Waals surface area contributed by atoms with Crippen LogP contribution in [0.1, 0.15) is 57.2 Å². The topological polar surface area (TPSA) is 21.3 Å². The van der Waals surface area contributed by atoms with Crippen LogP contribution in [0.25, 0.3) is 0 Å². The average Bonchev–Trinajstić information content (AvgIpc) is 2.56. The second kappa shape index (κ2) is 9.62. The highest BCUT2D eigenvalue weighted by Gasteiger charge is 2.06. The molecule has 0 heterocycles. The summed E-state index contributed by atoms with van der Waals surface area (Å²) in [7, 11) is 0. The molecule has 1 unspecified atom stereocenters. The SMILES string of the molecule is CC(C)Cc1ccc(C(C)CNCc2ccc(OC(C)C)cc2)cc1. The van der Waals surface area contributed by atoms with Gasteiger partial charge in [-0.1, -0.05) is 57.2 Å². The lowest BCUT2D eigenvalue weighted by Gasteiger charge is -2.15. The lowest BCUT2D eigenvalue weighted by Crippen LogP contribution is -2.19. The molecule has 0 aliphatic heterocycles. The molecule has 0 aromatic heterocycles. The van der Waals surface area contributed by atoms with Crippen molar-refractivity contribution in [3.63, 3.8) is 0 Å². The standard InChI is InChI=1S/C23H33NO/c1-17(2)14-20-6-10-22(11-7-20)19(5)15-24-16-21-8-12-23(13-9-21)25-18(3)4/h6-13,17-19,24H,14-16H2,1-5H3. The van der Waals surface area contributed by atoms with Gasteiger partial charge in [-0.25, -0.2) is 0 Å². The number of benzene rings is 2. The van der Waals surface area contributed by atoms with Crippen LogP contribution in [0.4, 0.5) is 0 Å². The fourth-order valence-electron chi connectivity index (χ4n) is 2.96. The van der Waals surface area contributed by atoms with Gasteiger partial charge in [0.25, 0.3) is 0 Å². The van der Waals surface area contributed by atoms with Crippen LogP contribution in [0.2, 0.25) is 0 Å². The van der Waals surface area contributed by atoms with Crippen LogP contribution in [0.3, 0.4) is 0 Å². The minimum atomic E-state index is 0.219. The van der Waals surface area contributed by atoms with Gasteiger partial charge in [0.15, 0.2) is 0 Å². The van der Waals surface area contributed by atoms with E-state index in [1.54, 1.807) is 0 Å². The van der Waals surface area contributed by atoms with Crippen LogP contribution in [-0.2, 0) is 13.0 Å². The van der Waals surface area contributed by atoms with E-state index in [0.717, 1.165) is 25.3 Å². The molecular weight excluding hydrogens is 306 g/mol. The molecule has 2 aromatic carbocycles. The Balaban J connectivity index is 1.78. The van der Waals surface area contributed by atoms with Crippen LogP contribution in [0, 0.1) is 5.92 Å². The van der Waals surface area contributed by atoms with E-state index < -0.39 is 0 Å². The average molecular weight is 340 g/mol. The van der Waals surface area contributed by atoms with E-state index in [0.29, 0.717) is 11.8 Å². The smallest absolute Gasteiger partial charge is 0.119 e. The maximum atomic E-state index is 5.68. The van der Waals surface area contributed by atoms with E-state index >= 15 is 0 Å². The van der Waals surface area contributed by atoms with Crippen molar-refractivity contribution in [2.45, 2.75) is 59.6 Å². The maximum Gasteiger partial charge on any atom is 0.119 e. The summed E-state index contributed by atoms with van der Waals surface area (Å²) in [5.74, 6) is 2.16. The predicted molar refractivity (Wildman–Crippen MR) is 107 cm³/mol. The van der Waals surface area contributed by atoms with Crippen molar-refractivity contribution in [1.82, 2.24) is 5.32 Å². The number of hydrogen-bond acceptors (Lipinski definition) is 2. The molecule has 0 fully saturated rings. The molecule has 0 aliphatic rings. The highest BCUT2D eigenvalue weighted by Crippen LogP contribution is 2.18. The molecule has 0 aliphatic carbocycles. The molecular formula is C23H33NO. The molecule has 2 rings (SSSR count). The first kappa shape index (κ1) is 19.5. The van der Waals surface area contributed by atoms with Gasteiger partial charge in [-0.3, -0.25) is 0 Å². The molecule has 0 saturated heterocycles. The monoisotopic (exact) mass is 339 g/mol. The Morgan fingerprint density at radius 2 is 1.40 bits per heavy atom. The maximum absolute atomic E-state index is 5.68. The van der Waals surface area contributed by atoms with Crippen molar-refractivity contribution in [3.05, 3.63) is 65.2 Å². The third kappa shape index (κ3) is 6.91. The first-order chi connectivity index (χ1) is 11.9. The van der Waals surface area contributed by atoms with Crippen LogP contribution in [0.5, 0.6) is 5.75 Å². The normalized spacial score (nSPS) is 12.6. The lowest BCUT2D eigenvalue weighted by atomic mass is 9.97. The van der Waals surface area contributed by atoms with Crippen molar-refractivity contribution in [3.8, 4) is 5.75 Å². The van der Waals surface area contributed by atoms with Gasteiger partial charge < -0.3 is 10.1 Å². The van der Waals surface area contributed by atoms with Crippen molar-refractivity contribution in [2.24, 2.45) is 5.92 Å². The van der Waals surface area contributed by atoms with Crippen molar-refractivity contribution in [2.75, 3.05) is 6.54 Å². The third-order valence-electron chi connectivity index (χ3n) is 4.27. The molecule has 0 bridgehead atoms. The molecule has 0 spiro atoms. The van der Waals surface area contributed by atoms with Gasteiger partial charge in [0.1, 0.15) is 5.75 Å². The van der Waals surface area contributed by atoms with Crippen LogP contribution in [0.15, 0.2) is 48.5 Å². The van der Waals surface area contributed by atoms with Gasteiger partial charge in [0.05, 0.1) is 6.10 Å². The fourth-order valence-corrected chi connectivity index (χ4v) is 2.96. The van der Waals surface area contributed by atoms with E-state index in [1.807, 2.05) is 26.0 Å². The molecule has 2 heteroatoms. The molecule has 0 amide bonds. The van der Waals surface area contributed by atoms with E-state index in [9.17, 15) is 0 Å². The van der Waals surface area contributed by atoms with Crippen LogP contribution < -0.4 is 10.1 Å². The Kier molecular flexibility index (Phi) is 7.52. The van der Waals surface area contributed by atoms with Gasteiger partial charge in [-0.2, -0.15) is 0 Å². The molecule has 25 heavy (non-hydrogen) atoms. The van der Waals surface area contributed by atoms with Crippen LogP contribution in [-0.4, -0.2) is 12.6 Å². The van der Waals surface area contributed by atoms with Crippen molar-refractivity contribution >= 4 is 0 Å². The Labute approximate surface area is 153 Å². The van der Waals surface area contributed by atoms with E-state index in [2.05, 4.69) is 62.5 Å². The zero-order chi connectivity index (χ0) is 18.2. The number of hydrogen-bond donors (Lipinski definition) is 1. The summed E-state index contributed by atoms with van der Waals surface area (Å²) < 4.78 is 5.68. The van der Waals surface area contributed by atoms with E-state index in [1.165, 1.54) is 16.7 Å². The molecule has 1 atom stereocenters. The summed E-state index contributed by atoms with van der Waals surface area (Å²) >= 11 is 0. The van der Waals surface area contributed by atoms with Gasteiger partial charge >= 0.3 is 0 Å². The van der Waals surface area contributed by atoms with Crippen molar-refractivity contribution in [1.29, 1.82) is 0 Å². The first-order valence-corrected chi connectivity index (χ1v) is 9.49. The van der Waals surface area contributed by atoms with Crippen LogP contribution >= 0.6 is 0 Å². The zero-order valence-electron chi connectivity index (χ0n) is 16.4. The predicted octanol–water partition coefficient (Wildman–Crippen LogP) is 5.57. The second-order valence-electron chi connectivity index (χ2n) is 7.68. The third-order valence-corrected chi connectivity index (χ3v) is 4.27. The van der Waals surface area contributed by atoms with E-state index in [4.69, 9.17) is 4.74 Å². The Hall–Kier alpha value is -1.80. The molecule has 0 saturated carbocycles. The van der Waals surface area contributed by atoms with Gasteiger partial charge in [-0.15, -0.1) is 0 Å². The molecule has 1 N–H and O–H groups in total. The Morgan fingerprint density at radius 3 is 1.96 bits per heavy atom. The Bertz CT molecular complexity index is 614. The summed E-state index contributed by atoms with van der Waals surface area (Å²) in [6.45, 7) is 12.8. The first-order valence-electron chi connectivity index (χ1n) is 9.49. The van der Waals surface area contributed by atoms with E-state index in [-0.39, 0.29) is 6.10 Å². The second-order valence-corrected chi connectivity index (χ2v) is 7.68. The number of nitrogens with one attached hydrogen (secondary N) is 1. The summed E-state index contributed by atoms with van der Waals surface area (Å²) in [4.78, 5) is 0. The molecule has 2 aromatic rings. The quantitative estimate of drug-likeness (QED) is 0.645. The largest absolute Gasteiger partial charge is 0.491 e. The lowest BCUT2D eigenvalue weighted by molar-refractivity contribution is 0.242. The summed E-state index contributed by atoms with van der Waals surface area (Å²) in [5.41, 5.74) is 4.12. The molecule has 2 nitrogen and oxygen atoms in total. The molecule has 136 valence electrons. The van der Waals surface area contributed by atoms with Gasteiger partial charge in [0.2, 0.25) is 0 Å². The van der Waals surface area contributed by atoms with Gasteiger partial charge in [0, 0.05) is 13.1 Å². The number of ether oxygens (including phenoxy) is 1. The highest BCUT2D eigenvalue weighted by atomic mass is 16.5. The highest BCUT2D eigenvalue weighted by molar-refractivity contribution is 5.28.